The Morgan fingerprint density at radius 1 is 1.32 bits per heavy atom. The summed E-state index contributed by atoms with van der Waals surface area (Å²) in [6.45, 7) is 0.915. The Hall–Kier alpha value is -0.710. The third-order valence-electron chi connectivity index (χ3n) is 3.70. The van der Waals surface area contributed by atoms with E-state index in [-0.39, 0.29) is 5.82 Å². The molecule has 0 amide bonds. The highest BCUT2D eigenvalue weighted by Crippen LogP contribution is 2.37. The molecule has 1 fully saturated rings. The van der Waals surface area contributed by atoms with Gasteiger partial charge in [-0.1, -0.05) is 12.1 Å². The number of hydrogen-bond acceptors (Lipinski definition) is 2. The van der Waals surface area contributed by atoms with E-state index in [0.29, 0.717) is 12.0 Å². The highest BCUT2D eigenvalue weighted by molar-refractivity contribution is 9.10. The quantitative estimate of drug-likeness (QED) is 0.852. The van der Waals surface area contributed by atoms with Gasteiger partial charge in [-0.2, -0.15) is 0 Å². The van der Waals surface area contributed by atoms with E-state index in [2.05, 4.69) is 32.7 Å². The average Bonchev–Trinajstić information content (AvgIpc) is 2.73. The van der Waals surface area contributed by atoms with Gasteiger partial charge in [0.25, 0.3) is 0 Å². The number of rotatable bonds is 4. The minimum atomic E-state index is -0.128. The van der Waals surface area contributed by atoms with E-state index >= 15 is 0 Å². The first-order chi connectivity index (χ1) is 9.22. The van der Waals surface area contributed by atoms with Crippen molar-refractivity contribution in [3.8, 4) is 0 Å². The van der Waals surface area contributed by atoms with Crippen LogP contribution in [-0.2, 0) is 6.54 Å². The van der Waals surface area contributed by atoms with Crippen LogP contribution in [0, 0.1) is 5.82 Å². The maximum absolute atomic E-state index is 13.1. The number of nitrogens with one attached hydrogen (secondary N) is 1. The Balaban J connectivity index is 1.49. The van der Waals surface area contributed by atoms with Crippen LogP contribution >= 0.6 is 27.3 Å². The zero-order valence-electron chi connectivity index (χ0n) is 10.4. The molecule has 4 heteroatoms. The van der Waals surface area contributed by atoms with Crippen molar-refractivity contribution in [2.75, 3.05) is 0 Å². The van der Waals surface area contributed by atoms with Crippen molar-refractivity contribution in [3.05, 3.63) is 56.4 Å². The summed E-state index contributed by atoms with van der Waals surface area (Å²) in [5, 5.41) is 5.66. The standard InChI is InChI=1S/C15H15BrFNS/c16-14-4-5-19-15(14)9-18-13-7-11(8-13)10-2-1-3-12(17)6-10/h1-6,11,13,18H,7-9H2. The molecule has 1 heterocycles. The Morgan fingerprint density at radius 2 is 2.16 bits per heavy atom. The van der Waals surface area contributed by atoms with Crippen LogP contribution in [0.15, 0.2) is 40.2 Å². The molecule has 3 rings (SSSR count). The molecular weight excluding hydrogens is 325 g/mol. The number of halogens is 2. The smallest absolute Gasteiger partial charge is 0.123 e. The SMILES string of the molecule is Fc1cccc(C2CC(NCc3sccc3Br)C2)c1. The molecule has 1 nitrogen and oxygen atoms in total. The van der Waals surface area contributed by atoms with Crippen LogP contribution in [-0.4, -0.2) is 6.04 Å². The van der Waals surface area contributed by atoms with Gasteiger partial charge in [-0.3, -0.25) is 0 Å². The van der Waals surface area contributed by atoms with Gasteiger partial charge in [0.15, 0.2) is 0 Å². The first kappa shape index (κ1) is 13.3. The van der Waals surface area contributed by atoms with E-state index in [0.717, 1.165) is 24.9 Å². The summed E-state index contributed by atoms with van der Waals surface area (Å²) in [7, 11) is 0. The molecule has 1 aliphatic rings. The predicted octanol–water partition coefficient (Wildman–Crippen LogP) is 4.69. The number of hydrogen-bond donors (Lipinski definition) is 1. The second-order valence-electron chi connectivity index (χ2n) is 4.99. The van der Waals surface area contributed by atoms with Crippen molar-refractivity contribution in [3.63, 3.8) is 0 Å². The molecule has 0 saturated heterocycles. The molecule has 0 spiro atoms. The molecule has 2 aromatic rings. The molecule has 1 aliphatic carbocycles. The minimum Gasteiger partial charge on any atom is -0.309 e. The van der Waals surface area contributed by atoms with Crippen molar-refractivity contribution < 1.29 is 4.39 Å². The lowest BCUT2D eigenvalue weighted by atomic mass is 9.76. The summed E-state index contributed by atoms with van der Waals surface area (Å²) in [4.78, 5) is 1.34. The van der Waals surface area contributed by atoms with Gasteiger partial charge in [0.1, 0.15) is 5.82 Å². The fourth-order valence-electron chi connectivity index (χ4n) is 2.51. The van der Waals surface area contributed by atoms with E-state index in [1.807, 2.05) is 6.07 Å². The molecule has 1 saturated carbocycles. The van der Waals surface area contributed by atoms with E-state index in [9.17, 15) is 4.39 Å². The van der Waals surface area contributed by atoms with Crippen molar-refractivity contribution >= 4 is 27.3 Å². The summed E-state index contributed by atoms with van der Waals surface area (Å²) < 4.78 is 14.3. The molecule has 0 unspecified atom stereocenters. The lowest BCUT2D eigenvalue weighted by molar-refractivity contribution is 0.289. The van der Waals surface area contributed by atoms with Crippen LogP contribution in [0.5, 0.6) is 0 Å². The fraction of sp³-hybridized carbons (Fsp3) is 0.333. The van der Waals surface area contributed by atoms with Crippen molar-refractivity contribution in [2.24, 2.45) is 0 Å². The minimum absolute atomic E-state index is 0.128. The molecule has 1 aromatic carbocycles. The van der Waals surface area contributed by atoms with Gasteiger partial charge in [0.2, 0.25) is 0 Å². The Kier molecular flexibility index (Phi) is 4.01. The first-order valence-electron chi connectivity index (χ1n) is 6.43. The third-order valence-corrected chi connectivity index (χ3v) is 5.63. The molecule has 19 heavy (non-hydrogen) atoms. The van der Waals surface area contributed by atoms with E-state index in [4.69, 9.17) is 0 Å². The van der Waals surface area contributed by atoms with E-state index in [1.165, 1.54) is 15.4 Å². The van der Waals surface area contributed by atoms with Crippen LogP contribution in [0.4, 0.5) is 4.39 Å². The maximum Gasteiger partial charge on any atom is 0.123 e. The van der Waals surface area contributed by atoms with Crippen LogP contribution < -0.4 is 5.32 Å². The second kappa shape index (κ2) is 5.73. The van der Waals surface area contributed by atoms with Crippen molar-refractivity contribution in [1.29, 1.82) is 0 Å². The highest BCUT2D eigenvalue weighted by atomic mass is 79.9. The zero-order valence-corrected chi connectivity index (χ0v) is 12.8. The summed E-state index contributed by atoms with van der Waals surface area (Å²) >= 11 is 5.31. The zero-order chi connectivity index (χ0) is 13.2. The Labute approximate surface area is 125 Å². The maximum atomic E-state index is 13.1. The van der Waals surface area contributed by atoms with Gasteiger partial charge in [0, 0.05) is 21.9 Å². The number of thiophene rings is 1. The molecule has 1 aromatic heterocycles. The largest absolute Gasteiger partial charge is 0.309 e. The normalized spacial score (nSPS) is 22.2. The summed E-state index contributed by atoms with van der Waals surface area (Å²) in [6.07, 6.45) is 2.21. The molecule has 0 aliphatic heterocycles. The summed E-state index contributed by atoms with van der Waals surface area (Å²) in [5.74, 6) is 0.386. The third kappa shape index (κ3) is 3.07. The van der Waals surface area contributed by atoms with Gasteiger partial charge in [-0.15, -0.1) is 11.3 Å². The Bertz CT molecular complexity index is 563. The monoisotopic (exact) mass is 339 g/mol. The van der Waals surface area contributed by atoms with Gasteiger partial charge in [-0.25, -0.2) is 4.39 Å². The van der Waals surface area contributed by atoms with Crippen LogP contribution in [0.2, 0.25) is 0 Å². The predicted molar refractivity (Wildman–Crippen MR) is 81.0 cm³/mol. The first-order valence-corrected chi connectivity index (χ1v) is 8.10. The van der Waals surface area contributed by atoms with E-state index in [1.54, 1.807) is 23.5 Å². The van der Waals surface area contributed by atoms with Gasteiger partial charge in [-0.05, 0) is 63.8 Å². The van der Waals surface area contributed by atoms with Gasteiger partial charge < -0.3 is 5.32 Å². The molecule has 1 N–H and O–H groups in total. The van der Waals surface area contributed by atoms with Crippen LogP contribution in [0.3, 0.4) is 0 Å². The fourth-order valence-corrected chi connectivity index (χ4v) is 3.95. The van der Waals surface area contributed by atoms with E-state index < -0.39 is 0 Å². The lowest BCUT2D eigenvalue weighted by Gasteiger charge is -2.36. The van der Waals surface area contributed by atoms with Crippen LogP contribution in [0.1, 0.15) is 29.2 Å². The van der Waals surface area contributed by atoms with Crippen molar-refractivity contribution in [2.45, 2.75) is 31.3 Å². The Morgan fingerprint density at radius 3 is 2.84 bits per heavy atom. The highest BCUT2D eigenvalue weighted by Gasteiger charge is 2.30. The second-order valence-corrected chi connectivity index (χ2v) is 6.85. The molecular formula is C15H15BrFNS. The molecule has 100 valence electrons. The molecule has 0 radical (unpaired) electrons. The van der Waals surface area contributed by atoms with Crippen molar-refractivity contribution in [1.82, 2.24) is 5.32 Å². The summed E-state index contributed by atoms with van der Waals surface area (Å²) in [6, 6.07) is 9.64. The van der Waals surface area contributed by atoms with Gasteiger partial charge >= 0.3 is 0 Å². The van der Waals surface area contributed by atoms with Crippen LogP contribution in [0.25, 0.3) is 0 Å². The molecule has 0 atom stereocenters. The topological polar surface area (TPSA) is 12.0 Å². The average molecular weight is 340 g/mol. The molecule has 0 bridgehead atoms. The number of benzene rings is 1. The summed E-state index contributed by atoms with van der Waals surface area (Å²) in [5.41, 5.74) is 1.13. The lowest BCUT2D eigenvalue weighted by Crippen LogP contribution is -2.39. The van der Waals surface area contributed by atoms with Gasteiger partial charge in [0.05, 0.1) is 0 Å².